The van der Waals surface area contributed by atoms with E-state index in [9.17, 15) is 4.79 Å². The second kappa shape index (κ2) is 8.95. The number of anilines is 1. The van der Waals surface area contributed by atoms with E-state index in [2.05, 4.69) is 34.3 Å². The highest BCUT2D eigenvalue weighted by atomic mass is 16.5. The molecule has 1 N–H and O–H groups in total. The average molecular weight is 405 g/mol. The number of ether oxygens (including phenoxy) is 2. The van der Waals surface area contributed by atoms with Crippen molar-refractivity contribution >= 4 is 11.7 Å². The number of hydrogen-bond donors (Lipinski definition) is 1. The largest absolute Gasteiger partial charge is 0.497 e. The van der Waals surface area contributed by atoms with Crippen LogP contribution in [0.25, 0.3) is 0 Å². The molecular weight excluding hydrogens is 378 g/mol. The Bertz CT molecular complexity index is 974. The molecule has 2 amide bonds. The minimum Gasteiger partial charge on any atom is -0.497 e. The number of urea groups is 1. The van der Waals surface area contributed by atoms with E-state index in [0.29, 0.717) is 23.7 Å². The van der Waals surface area contributed by atoms with Crippen LogP contribution >= 0.6 is 0 Å². The molecule has 4 rings (SSSR count). The molecule has 1 heterocycles. The summed E-state index contributed by atoms with van der Waals surface area (Å²) in [5.41, 5.74) is 3.01. The summed E-state index contributed by atoms with van der Waals surface area (Å²) in [7, 11) is 3.19. The third-order valence-electron chi connectivity index (χ3n) is 5.30. The molecule has 1 fully saturated rings. The van der Waals surface area contributed by atoms with Gasteiger partial charge in [-0.05, 0) is 30.5 Å². The standard InChI is InChI=1S/C24H27N3O3/c1-29-22-13-19(14-23(15-22)30-2)25-24(28)27(20-10-11-20)17-21-9-6-12-26(21)16-18-7-4-3-5-8-18/h3-9,12-15,20H,10-11,16-17H2,1-2H3,(H,25,28). The van der Waals surface area contributed by atoms with Crippen LogP contribution in [0.1, 0.15) is 24.1 Å². The van der Waals surface area contributed by atoms with Gasteiger partial charge in [0.25, 0.3) is 0 Å². The van der Waals surface area contributed by atoms with E-state index < -0.39 is 0 Å². The Morgan fingerprint density at radius 2 is 1.73 bits per heavy atom. The number of nitrogens with one attached hydrogen (secondary N) is 1. The predicted octanol–water partition coefficient (Wildman–Crippen LogP) is 4.75. The van der Waals surface area contributed by atoms with Crippen molar-refractivity contribution in [2.75, 3.05) is 19.5 Å². The number of rotatable bonds is 8. The zero-order chi connectivity index (χ0) is 20.9. The monoisotopic (exact) mass is 405 g/mol. The Kier molecular flexibility index (Phi) is 5.93. The van der Waals surface area contributed by atoms with Gasteiger partial charge in [-0.2, -0.15) is 0 Å². The molecule has 2 aromatic carbocycles. The summed E-state index contributed by atoms with van der Waals surface area (Å²) in [6.07, 6.45) is 4.14. The minimum absolute atomic E-state index is 0.111. The summed E-state index contributed by atoms with van der Waals surface area (Å²) in [6.45, 7) is 1.35. The van der Waals surface area contributed by atoms with Gasteiger partial charge in [0.05, 0.1) is 20.8 Å². The summed E-state index contributed by atoms with van der Waals surface area (Å²) in [4.78, 5) is 15.0. The van der Waals surface area contributed by atoms with Gasteiger partial charge in [0.2, 0.25) is 0 Å². The molecule has 0 radical (unpaired) electrons. The quantitative estimate of drug-likeness (QED) is 0.588. The number of aromatic nitrogens is 1. The molecule has 0 spiro atoms. The molecule has 1 aliphatic rings. The fourth-order valence-corrected chi connectivity index (χ4v) is 3.53. The Morgan fingerprint density at radius 1 is 1.03 bits per heavy atom. The van der Waals surface area contributed by atoms with E-state index in [1.54, 1.807) is 32.4 Å². The predicted molar refractivity (Wildman–Crippen MR) is 117 cm³/mol. The molecule has 0 atom stereocenters. The Labute approximate surface area is 177 Å². The molecule has 30 heavy (non-hydrogen) atoms. The van der Waals surface area contributed by atoms with Crippen LogP contribution in [0, 0.1) is 0 Å². The van der Waals surface area contributed by atoms with Crippen LogP contribution in [-0.4, -0.2) is 35.8 Å². The van der Waals surface area contributed by atoms with Crippen LogP contribution in [0.3, 0.4) is 0 Å². The number of amides is 2. The van der Waals surface area contributed by atoms with Gasteiger partial charge in [0.1, 0.15) is 11.5 Å². The summed E-state index contributed by atoms with van der Waals surface area (Å²) in [6, 6.07) is 20.0. The highest BCUT2D eigenvalue weighted by molar-refractivity contribution is 5.90. The van der Waals surface area contributed by atoms with Crippen molar-refractivity contribution in [1.82, 2.24) is 9.47 Å². The third kappa shape index (κ3) is 4.76. The molecule has 3 aromatic rings. The number of hydrogen-bond acceptors (Lipinski definition) is 3. The highest BCUT2D eigenvalue weighted by Gasteiger charge is 2.33. The smallest absolute Gasteiger partial charge is 0.322 e. The SMILES string of the molecule is COc1cc(NC(=O)N(Cc2cccn2Cc2ccccc2)C2CC2)cc(OC)c1. The number of carbonyl (C=O) groups is 1. The third-order valence-corrected chi connectivity index (χ3v) is 5.30. The fraction of sp³-hybridized carbons (Fsp3) is 0.292. The van der Waals surface area contributed by atoms with Gasteiger partial charge in [-0.15, -0.1) is 0 Å². The molecule has 6 nitrogen and oxygen atoms in total. The normalized spacial score (nSPS) is 13.0. The number of carbonyl (C=O) groups excluding carboxylic acids is 1. The molecule has 0 unspecified atom stereocenters. The van der Waals surface area contributed by atoms with Crippen molar-refractivity contribution in [2.24, 2.45) is 0 Å². The Morgan fingerprint density at radius 3 is 2.37 bits per heavy atom. The van der Waals surface area contributed by atoms with Crippen molar-refractivity contribution in [2.45, 2.75) is 32.0 Å². The topological polar surface area (TPSA) is 55.7 Å². The van der Waals surface area contributed by atoms with Gasteiger partial charge in [0, 0.05) is 48.4 Å². The molecule has 1 saturated carbocycles. The first-order valence-corrected chi connectivity index (χ1v) is 10.1. The van der Waals surface area contributed by atoms with Crippen molar-refractivity contribution in [3.05, 3.63) is 78.1 Å². The first kappa shape index (κ1) is 19.9. The van der Waals surface area contributed by atoms with Crippen LogP contribution in [0.2, 0.25) is 0 Å². The van der Waals surface area contributed by atoms with Crippen LogP contribution in [0.4, 0.5) is 10.5 Å². The zero-order valence-electron chi connectivity index (χ0n) is 17.4. The highest BCUT2D eigenvalue weighted by Crippen LogP contribution is 2.31. The molecule has 0 saturated heterocycles. The second-order valence-corrected chi connectivity index (χ2v) is 7.50. The van der Waals surface area contributed by atoms with Gasteiger partial charge >= 0.3 is 6.03 Å². The first-order valence-electron chi connectivity index (χ1n) is 10.1. The zero-order valence-corrected chi connectivity index (χ0v) is 17.4. The number of methoxy groups -OCH3 is 2. The maximum Gasteiger partial charge on any atom is 0.322 e. The van der Waals surface area contributed by atoms with Gasteiger partial charge in [-0.25, -0.2) is 4.79 Å². The van der Waals surface area contributed by atoms with Crippen molar-refractivity contribution in [3.8, 4) is 11.5 Å². The molecular formula is C24H27N3O3. The minimum atomic E-state index is -0.111. The second-order valence-electron chi connectivity index (χ2n) is 7.50. The average Bonchev–Trinajstić information content (AvgIpc) is 3.52. The first-order chi connectivity index (χ1) is 14.7. The lowest BCUT2D eigenvalue weighted by atomic mass is 10.2. The van der Waals surface area contributed by atoms with Crippen LogP contribution < -0.4 is 14.8 Å². The molecule has 1 aliphatic carbocycles. The van der Waals surface area contributed by atoms with Crippen LogP contribution in [0.15, 0.2) is 66.9 Å². The van der Waals surface area contributed by atoms with E-state index >= 15 is 0 Å². The molecule has 6 heteroatoms. The lowest BCUT2D eigenvalue weighted by Crippen LogP contribution is -2.36. The van der Waals surface area contributed by atoms with Gasteiger partial charge in [-0.3, -0.25) is 0 Å². The molecule has 1 aromatic heterocycles. The summed E-state index contributed by atoms with van der Waals surface area (Å²) in [5.74, 6) is 1.28. The lowest BCUT2D eigenvalue weighted by molar-refractivity contribution is 0.204. The molecule has 156 valence electrons. The maximum absolute atomic E-state index is 13.1. The Hall–Kier alpha value is -3.41. The van der Waals surface area contributed by atoms with E-state index in [-0.39, 0.29) is 12.1 Å². The van der Waals surface area contributed by atoms with Gasteiger partial charge in [0.15, 0.2) is 0 Å². The summed E-state index contributed by atoms with van der Waals surface area (Å²) in [5, 5.41) is 3.01. The van der Waals surface area contributed by atoms with Crippen molar-refractivity contribution in [1.29, 1.82) is 0 Å². The van der Waals surface area contributed by atoms with Crippen molar-refractivity contribution in [3.63, 3.8) is 0 Å². The fourth-order valence-electron chi connectivity index (χ4n) is 3.53. The van der Waals surface area contributed by atoms with E-state index in [1.165, 1.54) is 5.56 Å². The molecule has 0 aliphatic heterocycles. The number of nitrogens with zero attached hydrogens (tertiary/aromatic N) is 2. The Balaban J connectivity index is 1.49. The van der Waals surface area contributed by atoms with Crippen molar-refractivity contribution < 1.29 is 14.3 Å². The van der Waals surface area contributed by atoms with Crippen LogP contribution in [0.5, 0.6) is 11.5 Å². The molecule has 0 bridgehead atoms. The van der Waals surface area contributed by atoms with E-state index in [1.807, 2.05) is 29.2 Å². The summed E-state index contributed by atoms with van der Waals surface area (Å²) >= 11 is 0. The van der Waals surface area contributed by atoms with Gasteiger partial charge in [-0.1, -0.05) is 30.3 Å². The van der Waals surface area contributed by atoms with Crippen LogP contribution in [-0.2, 0) is 13.1 Å². The summed E-state index contributed by atoms with van der Waals surface area (Å²) < 4.78 is 12.8. The van der Waals surface area contributed by atoms with E-state index in [0.717, 1.165) is 25.1 Å². The maximum atomic E-state index is 13.1. The lowest BCUT2D eigenvalue weighted by Gasteiger charge is -2.24. The van der Waals surface area contributed by atoms with E-state index in [4.69, 9.17) is 9.47 Å². The number of benzene rings is 2. The van der Waals surface area contributed by atoms with Gasteiger partial charge < -0.3 is 24.3 Å².